The maximum absolute atomic E-state index is 12.3. The molecule has 106 valence electrons. The van der Waals surface area contributed by atoms with Crippen LogP contribution >= 0.6 is 15.9 Å². The van der Waals surface area contributed by atoms with Gasteiger partial charge in [0.05, 0.1) is 5.39 Å². The van der Waals surface area contributed by atoms with Gasteiger partial charge in [0, 0.05) is 22.4 Å². The summed E-state index contributed by atoms with van der Waals surface area (Å²) in [5.41, 5.74) is 1.89. The number of hydrogen-bond donors (Lipinski definition) is 0. The SMILES string of the molecule is CC(Br)c1cccc2c(=O)cc(C3CCCCC3)oc12. The highest BCUT2D eigenvalue weighted by molar-refractivity contribution is 9.09. The third-order valence-electron chi connectivity index (χ3n) is 4.24. The van der Waals surface area contributed by atoms with E-state index in [0.29, 0.717) is 11.3 Å². The average molecular weight is 335 g/mol. The van der Waals surface area contributed by atoms with E-state index in [0.717, 1.165) is 29.7 Å². The van der Waals surface area contributed by atoms with Crippen molar-refractivity contribution in [2.75, 3.05) is 0 Å². The molecule has 0 radical (unpaired) electrons. The number of para-hydroxylation sites is 1. The van der Waals surface area contributed by atoms with Gasteiger partial charge >= 0.3 is 0 Å². The molecule has 2 nitrogen and oxygen atoms in total. The Bertz CT molecular complexity index is 666. The molecule has 3 heteroatoms. The molecule has 0 bridgehead atoms. The van der Waals surface area contributed by atoms with Gasteiger partial charge in [0.1, 0.15) is 11.3 Å². The van der Waals surface area contributed by atoms with Crippen molar-refractivity contribution in [3.8, 4) is 0 Å². The smallest absolute Gasteiger partial charge is 0.192 e. The van der Waals surface area contributed by atoms with Gasteiger partial charge in [-0.15, -0.1) is 0 Å². The standard InChI is InChI=1S/C17H19BrO2/c1-11(18)13-8-5-9-14-15(19)10-16(20-17(13)14)12-6-3-2-4-7-12/h5,8-12H,2-4,6-7H2,1H3. The fourth-order valence-electron chi connectivity index (χ4n) is 3.12. The molecule has 1 atom stereocenters. The Balaban J connectivity index is 2.16. The van der Waals surface area contributed by atoms with Gasteiger partial charge in [0.15, 0.2) is 5.43 Å². The van der Waals surface area contributed by atoms with E-state index in [1.165, 1.54) is 19.3 Å². The number of fused-ring (bicyclic) bond motifs is 1. The third kappa shape index (κ3) is 2.56. The summed E-state index contributed by atoms with van der Waals surface area (Å²) in [6.07, 6.45) is 6.06. The molecule has 0 saturated heterocycles. The Kier molecular flexibility index (Phi) is 3.97. The fourth-order valence-corrected chi connectivity index (χ4v) is 3.48. The summed E-state index contributed by atoms with van der Waals surface area (Å²) in [7, 11) is 0. The molecular weight excluding hydrogens is 316 g/mol. The maximum atomic E-state index is 12.3. The zero-order valence-electron chi connectivity index (χ0n) is 11.7. The lowest BCUT2D eigenvalue weighted by atomic mass is 9.87. The number of rotatable bonds is 2. The van der Waals surface area contributed by atoms with Crippen LogP contribution in [0.1, 0.15) is 61.1 Å². The Morgan fingerprint density at radius 2 is 2.00 bits per heavy atom. The van der Waals surface area contributed by atoms with Crippen LogP contribution in [-0.4, -0.2) is 0 Å². The summed E-state index contributed by atoms with van der Waals surface area (Å²) < 4.78 is 6.14. The van der Waals surface area contributed by atoms with E-state index in [-0.39, 0.29) is 10.3 Å². The van der Waals surface area contributed by atoms with Crippen molar-refractivity contribution in [2.24, 2.45) is 0 Å². The first kappa shape index (κ1) is 13.9. The summed E-state index contributed by atoms with van der Waals surface area (Å²) in [5.74, 6) is 1.29. The second kappa shape index (κ2) is 5.72. The molecule has 2 aromatic rings. The van der Waals surface area contributed by atoms with Gasteiger partial charge in [0.2, 0.25) is 0 Å². The summed E-state index contributed by atoms with van der Waals surface area (Å²) in [6.45, 7) is 2.06. The zero-order chi connectivity index (χ0) is 14.1. The molecule has 0 amide bonds. The van der Waals surface area contributed by atoms with E-state index in [4.69, 9.17) is 4.42 Å². The van der Waals surface area contributed by atoms with E-state index in [1.54, 1.807) is 6.07 Å². The Morgan fingerprint density at radius 1 is 1.25 bits per heavy atom. The molecule has 1 unspecified atom stereocenters. The van der Waals surface area contributed by atoms with Gasteiger partial charge in [-0.25, -0.2) is 0 Å². The van der Waals surface area contributed by atoms with Crippen molar-refractivity contribution >= 4 is 26.9 Å². The molecule has 1 aromatic heterocycles. The second-order valence-electron chi connectivity index (χ2n) is 5.69. The van der Waals surface area contributed by atoms with Crippen LogP contribution in [0.3, 0.4) is 0 Å². The third-order valence-corrected chi connectivity index (χ3v) is 4.73. The lowest BCUT2D eigenvalue weighted by Crippen LogP contribution is -2.10. The minimum absolute atomic E-state index is 0.0850. The van der Waals surface area contributed by atoms with Gasteiger partial charge in [-0.2, -0.15) is 0 Å². The normalized spacial score (nSPS) is 18.3. The molecule has 0 spiro atoms. The van der Waals surface area contributed by atoms with Crippen LogP contribution in [0.15, 0.2) is 33.5 Å². The minimum atomic E-state index is 0.0850. The summed E-state index contributed by atoms with van der Waals surface area (Å²) in [4.78, 5) is 12.5. The molecule has 20 heavy (non-hydrogen) atoms. The lowest BCUT2D eigenvalue weighted by Gasteiger charge is -2.21. The highest BCUT2D eigenvalue weighted by Gasteiger charge is 2.20. The van der Waals surface area contributed by atoms with E-state index < -0.39 is 0 Å². The molecule has 1 saturated carbocycles. The summed E-state index contributed by atoms with van der Waals surface area (Å²) in [5, 5.41) is 0.688. The Hall–Kier alpha value is -1.09. The first-order chi connectivity index (χ1) is 9.66. The van der Waals surface area contributed by atoms with Crippen molar-refractivity contribution in [1.82, 2.24) is 0 Å². The van der Waals surface area contributed by atoms with Gasteiger partial charge in [-0.3, -0.25) is 4.79 Å². The second-order valence-corrected chi connectivity index (χ2v) is 7.06. The molecular formula is C17H19BrO2. The van der Waals surface area contributed by atoms with E-state index >= 15 is 0 Å². The van der Waals surface area contributed by atoms with E-state index in [1.807, 2.05) is 18.2 Å². The molecule has 1 aromatic carbocycles. The minimum Gasteiger partial charge on any atom is -0.460 e. The summed E-state index contributed by atoms with van der Waals surface area (Å²) >= 11 is 3.59. The van der Waals surface area contributed by atoms with Crippen molar-refractivity contribution in [2.45, 2.75) is 49.8 Å². The summed E-state index contributed by atoms with van der Waals surface area (Å²) in [6, 6.07) is 7.51. The van der Waals surface area contributed by atoms with Crippen LogP contribution in [-0.2, 0) is 0 Å². The van der Waals surface area contributed by atoms with Crippen LogP contribution in [0, 0.1) is 0 Å². The highest BCUT2D eigenvalue weighted by Crippen LogP contribution is 2.35. The number of benzene rings is 1. The Morgan fingerprint density at radius 3 is 2.70 bits per heavy atom. The van der Waals surface area contributed by atoms with Crippen molar-refractivity contribution in [1.29, 1.82) is 0 Å². The molecule has 0 N–H and O–H groups in total. The number of hydrogen-bond acceptors (Lipinski definition) is 2. The fraction of sp³-hybridized carbons (Fsp3) is 0.471. The van der Waals surface area contributed by atoms with E-state index in [2.05, 4.69) is 22.9 Å². The van der Waals surface area contributed by atoms with Crippen LogP contribution in [0.25, 0.3) is 11.0 Å². The lowest BCUT2D eigenvalue weighted by molar-refractivity contribution is 0.379. The molecule has 1 fully saturated rings. The highest BCUT2D eigenvalue weighted by atomic mass is 79.9. The monoisotopic (exact) mass is 334 g/mol. The van der Waals surface area contributed by atoms with Crippen LogP contribution in [0.4, 0.5) is 0 Å². The Labute approximate surface area is 127 Å². The largest absolute Gasteiger partial charge is 0.460 e. The predicted octanol–water partition coefficient (Wildman–Crippen LogP) is 5.30. The predicted molar refractivity (Wildman–Crippen MR) is 85.7 cm³/mol. The van der Waals surface area contributed by atoms with Crippen LogP contribution in [0.5, 0.6) is 0 Å². The van der Waals surface area contributed by atoms with Gasteiger partial charge < -0.3 is 4.42 Å². The molecule has 1 heterocycles. The van der Waals surface area contributed by atoms with Crippen LogP contribution in [0.2, 0.25) is 0 Å². The van der Waals surface area contributed by atoms with Crippen molar-refractivity contribution in [3.05, 3.63) is 45.8 Å². The van der Waals surface area contributed by atoms with Gasteiger partial charge in [0.25, 0.3) is 0 Å². The maximum Gasteiger partial charge on any atom is 0.192 e. The first-order valence-corrected chi connectivity index (χ1v) is 8.29. The number of halogens is 1. The van der Waals surface area contributed by atoms with Crippen molar-refractivity contribution in [3.63, 3.8) is 0 Å². The first-order valence-electron chi connectivity index (χ1n) is 7.37. The zero-order valence-corrected chi connectivity index (χ0v) is 13.3. The molecule has 3 rings (SSSR count). The topological polar surface area (TPSA) is 30.2 Å². The van der Waals surface area contributed by atoms with Crippen LogP contribution < -0.4 is 5.43 Å². The molecule has 1 aliphatic rings. The average Bonchev–Trinajstić information content (AvgIpc) is 2.47. The van der Waals surface area contributed by atoms with Gasteiger partial charge in [-0.05, 0) is 25.8 Å². The quantitative estimate of drug-likeness (QED) is 0.698. The van der Waals surface area contributed by atoms with Crippen molar-refractivity contribution < 1.29 is 4.42 Å². The van der Waals surface area contributed by atoms with E-state index in [9.17, 15) is 4.79 Å². The number of alkyl halides is 1. The van der Waals surface area contributed by atoms with Gasteiger partial charge in [-0.1, -0.05) is 47.3 Å². The molecule has 1 aliphatic carbocycles. The molecule has 0 aliphatic heterocycles.